The lowest BCUT2D eigenvalue weighted by atomic mass is 9.80. The van der Waals surface area contributed by atoms with Crippen LogP contribution in [0.1, 0.15) is 33.1 Å². The van der Waals surface area contributed by atoms with E-state index < -0.39 is 22.9 Å². The van der Waals surface area contributed by atoms with Crippen LogP contribution in [0.25, 0.3) is 0 Å². The largest absolute Gasteiger partial charge is 0.480 e. The molecule has 0 unspecified atom stereocenters. The van der Waals surface area contributed by atoms with Gasteiger partial charge in [-0.25, -0.2) is 0 Å². The summed E-state index contributed by atoms with van der Waals surface area (Å²) in [5, 5.41) is 9.04. The Morgan fingerprint density at radius 1 is 1.53 bits per heavy atom. The van der Waals surface area contributed by atoms with Gasteiger partial charge >= 0.3 is 11.9 Å². The highest BCUT2D eigenvalue weighted by molar-refractivity contribution is 6.34. The van der Waals surface area contributed by atoms with Crippen molar-refractivity contribution in [1.82, 2.24) is 0 Å². The first-order valence-electron chi connectivity index (χ1n) is 4.95. The lowest BCUT2D eigenvalue weighted by molar-refractivity contribution is -0.158. The molecule has 1 fully saturated rings. The van der Waals surface area contributed by atoms with Crippen LogP contribution in [-0.4, -0.2) is 28.0 Å². The van der Waals surface area contributed by atoms with Crippen molar-refractivity contribution in [3.8, 4) is 0 Å². The minimum Gasteiger partial charge on any atom is -0.480 e. The third kappa shape index (κ3) is 2.62. The van der Waals surface area contributed by atoms with Crippen LogP contribution >= 0.6 is 11.6 Å². The molecule has 1 aliphatic carbocycles. The van der Waals surface area contributed by atoms with Crippen LogP contribution in [0, 0.1) is 5.92 Å². The van der Waals surface area contributed by atoms with E-state index in [-0.39, 0.29) is 0 Å². The van der Waals surface area contributed by atoms with Gasteiger partial charge in [-0.1, -0.05) is 6.92 Å². The fourth-order valence-electron chi connectivity index (χ4n) is 1.87. The standard InChI is InChI=1S/C10H15ClO4/c1-6-3-4-10(11,9(13)14)8(5-6)15-7(2)12/h6,8H,3-5H2,1-2H3,(H,13,14)/t6-,8+,10-/m1/s1. The van der Waals surface area contributed by atoms with Crippen LogP contribution in [0.4, 0.5) is 0 Å². The fourth-order valence-corrected chi connectivity index (χ4v) is 2.12. The summed E-state index contributed by atoms with van der Waals surface area (Å²) in [7, 11) is 0. The van der Waals surface area contributed by atoms with Gasteiger partial charge in [0.1, 0.15) is 6.10 Å². The SMILES string of the molecule is CC(=O)O[C@H]1C[C@H](C)CC[C@]1(Cl)C(=O)O. The van der Waals surface area contributed by atoms with Crippen molar-refractivity contribution in [2.45, 2.75) is 44.1 Å². The van der Waals surface area contributed by atoms with E-state index in [1.54, 1.807) is 0 Å². The van der Waals surface area contributed by atoms with E-state index in [9.17, 15) is 9.59 Å². The van der Waals surface area contributed by atoms with Gasteiger partial charge in [0, 0.05) is 6.92 Å². The van der Waals surface area contributed by atoms with Crippen molar-refractivity contribution in [3.63, 3.8) is 0 Å². The van der Waals surface area contributed by atoms with Gasteiger partial charge in [-0.2, -0.15) is 0 Å². The third-order valence-corrected chi connectivity index (χ3v) is 3.39. The summed E-state index contributed by atoms with van der Waals surface area (Å²) in [6.07, 6.45) is 0.865. The molecule has 86 valence electrons. The predicted octanol–water partition coefficient (Wildman–Crippen LogP) is 1.80. The molecule has 0 radical (unpaired) electrons. The second kappa shape index (κ2) is 4.39. The van der Waals surface area contributed by atoms with E-state index in [2.05, 4.69) is 0 Å². The zero-order valence-electron chi connectivity index (χ0n) is 8.83. The molecular weight excluding hydrogens is 220 g/mol. The summed E-state index contributed by atoms with van der Waals surface area (Å²) >= 11 is 6.01. The fraction of sp³-hybridized carbons (Fsp3) is 0.800. The van der Waals surface area contributed by atoms with E-state index in [0.717, 1.165) is 6.42 Å². The Labute approximate surface area is 93.6 Å². The molecule has 4 nitrogen and oxygen atoms in total. The number of carboxylic acids is 1. The highest BCUT2D eigenvalue weighted by Gasteiger charge is 2.49. The topological polar surface area (TPSA) is 63.6 Å². The van der Waals surface area contributed by atoms with Crippen LogP contribution in [0.15, 0.2) is 0 Å². The van der Waals surface area contributed by atoms with E-state index >= 15 is 0 Å². The van der Waals surface area contributed by atoms with Gasteiger partial charge in [0.05, 0.1) is 0 Å². The molecule has 0 bridgehead atoms. The van der Waals surface area contributed by atoms with E-state index in [1.165, 1.54) is 6.92 Å². The first-order chi connectivity index (χ1) is 6.86. The number of carbonyl (C=O) groups is 2. The summed E-state index contributed by atoms with van der Waals surface area (Å²) in [6.45, 7) is 3.26. The number of esters is 1. The molecule has 1 N–H and O–H groups in total. The van der Waals surface area contributed by atoms with Crippen molar-refractivity contribution in [1.29, 1.82) is 0 Å². The zero-order chi connectivity index (χ0) is 11.6. The number of hydrogen-bond acceptors (Lipinski definition) is 3. The molecule has 15 heavy (non-hydrogen) atoms. The molecule has 0 aromatic heterocycles. The van der Waals surface area contributed by atoms with Gasteiger partial charge in [0.15, 0.2) is 4.87 Å². The number of rotatable bonds is 2. The first-order valence-corrected chi connectivity index (χ1v) is 5.33. The minimum atomic E-state index is -1.45. The van der Waals surface area contributed by atoms with Crippen LogP contribution in [0.5, 0.6) is 0 Å². The molecule has 1 rings (SSSR count). The quantitative estimate of drug-likeness (QED) is 0.585. The Kier molecular flexibility index (Phi) is 3.60. The maximum atomic E-state index is 11.1. The van der Waals surface area contributed by atoms with E-state index in [0.29, 0.717) is 18.8 Å². The molecule has 5 heteroatoms. The number of ether oxygens (including phenoxy) is 1. The zero-order valence-corrected chi connectivity index (χ0v) is 9.58. The molecule has 0 amide bonds. The number of aliphatic carboxylic acids is 1. The lowest BCUT2D eigenvalue weighted by Crippen LogP contribution is -2.50. The van der Waals surface area contributed by atoms with Gasteiger partial charge in [-0.05, 0) is 25.2 Å². The van der Waals surface area contributed by atoms with Crippen LogP contribution in [0.3, 0.4) is 0 Å². The van der Waals surface area contributed by atoms with Crippen molar-refractivity contribution in [3.05, 3.63) is 0 Å². The summed E-state index contributed by atoms with van der Waals surface area (Å²) < 4.78 is 4.99. The van der Waals surface area contributed by atoms with Gasteiger partial charge in [0.2, 0.25) is 0 Å². The van der Waals surface area contributed by atoms with E-state index in [1.807, 2.05) is 6.92 Å². The molecule has 1 aliphatic rings. The molecule has 0 saturated heterocycles. The summed E-state index contributed by atoms with van der Waals surface area (Å²) in [5.41, 5.74) is 0. The maximum absolute atomic E-state index is 11.1. The molecule has 0 heterocycles. The molecule has 0 aromatic carbocycles. The Morgan fingerprint density at radius 3 is 2.60 bits per heavy atom. The second-order valence-corrected chi connectivity index (χ2v) is 4.82. The monoisotopic (exact) mass is 234 g/mol. The second-order valence-electron chi connectivity index (χ2n) is 4.15. The average molecular weight is 235 g/mol. The van der Waals surface area contributed by atoms with Crippen LogP contribution < -0.4 is 0 Å². The Bertz CT molecular complexity index is 279. The number of hydrogen-bond donors (Lipinski definition) is 1. The van der Waals surface area contributed by atoms with Crippen molar-refractivity contribution < 1.29 is 19.4 Å². The number of alkyl halides is 1. The smallest absolute Gasteiger partial charge is 0.328 e. The van der Waals surface area contributed by atoms with Gasteiger partial charge < -0.3 is 9.84 Å². The van der Waals surface area contributed by atoms with Crippen molar-refractivity contribution in [2.24, 2.45) is 5.92 Å². The van der Waals surface area contributed by atoms with Gasteiger partial charge in [-0.3, -0.25) is 9.59 Å². The van der Waals surface area contributed by atoms with Crippen LogP contribution in [0.2, 0.25) is 0 Å². The Morgan fingerprint density at radius 2 is 2.13 bits per heavy atom. The third-order valence-electron chi connectivity index (χ3n) is 2.79. The summed E-state index contributed by atoms with van der Waals surface area (Å²) in [5.74, 6) is -1.26. The number of carbonyl (C=O) groups excluding carboxylic acids is 1. The van der Waals surface area contributed by atoms with E-state index in [4.69, 9.17) is 21.4 Å². The summed E-state index contributed by atoms with van der Waals surface area (Å²) in [4.78, 5) is 20.5. The Hall–Kier alpha value is -0.770. The predicted molar refractivity (Wildman–Crippen MR) is 54.8 cm³/mol. The molecule has 3 atom stereocenters. The minimum absolute atomic E-state index is 0.334. The Balaban J connectivity index is 2.83. The maximum Gasteiger partial charge on any atom is 0.328 e. The van der Waals surface area contributed by atoms with Gasteiger partial charge in [-0.15, -0.1) is 11.6 Å². The van der Waals surface area contributed by atoms with Crippen LogP contribution in [-0.2, 0) is 14.3 Å². The normalized spacial score (nSPS) is 35.9. The van der Waals surface area contributed by atoms with Crippen molar-refractivity contribution in [2.75, 3.05) is 0 Å². The van der Waals surface area contributed by atoms with Gasteiger partial charge in [0.25, 0.3) is 0 Å². The lowest BCUT2D eigenvalue weighted by Gasteiger charge is -2.37. The first kappa shape index (κ1) is 12.3. The molecule has 0 aromatic rings. The molecule has 0 spiro atoms. The highest BCUT2D eigenvalue weighted by atomic mass is 35.5. The average Bonchev–Trinajstić information content (AvgIpc) is 2.10. The molecule has 1 saturated carbocycles. The number of halogens is 1. The van der Waals surface area contributed by atoms with Crippen molar-refractivity contribution >= 4 is 23.5 Å². The number of carboxylic acid groups (broad SMARTS) is 1. The summed E-state index contributed by atoms with van der Waals surface area (Å²) in [6, 6.07) is 0. The molecule has 0 aliphatic heterocycles. The molecular formula is C10H15ClO4. The highest BCUT2D eigenvalue weighted by Crippen LogP contribution is 2.39.